The van der Waals surface area contributed by atoms with Crippen LogP contribution in [0.25, 0.3) is 0 Å². The van der Waals surface area contributed by atoms with Gasteiger partial charge in [-0.3, -0.25) is 0 Å². The van der Waals surface area contributed by atoms with Gasteiger partial charge >= 0.3 is 0 Å². The molecule has 0 saturated carbocycles. The third-order valence-corrected chi connectivity index (χ3v) is 2.40. The van der Waals surface area contributed by atoms with Gasteiger partial charge in [0.2, 0.25) is 0 Å². The molecule has 2 N–H and O–H groups in total. The lowest BCUT2D eigenvalue weighted by Gasteiger charge is -2.05. The summed E-state index contributed by atoms with van der Waals surface area (Å²) < 4.78 is 31.3. The van der Waals surface area contributed by atoms with Gasteiger partial charge in [-0.2, -0.15) is 8.42 Å². The Morgan fingerprint density at radius 1 is 1.33 bits per heavy atom. The van der Waals surface area contributed by atoms with Crippen LogP contribution in [0.1, 0.15) is 13.3 Å². The van der Waals surface area contributed by atoms with Gasteiger partial charge in [0.15, 0.2) is 0 Å². The van der Waals surface area contributed by atoms with E-state index < -0.39 is 10.2 Å². The largest absolute Gasteiger partial charge is 0.385 e. The minimum Gasteiger partial charge on any atom is -0.385 e. The van der Waals surface area contributed by atoms with Crippen LogP contribution in [0.3, 0.4) is 0 Å². The highest BCUT2D eigenvalue weighted by Crippen LogP contribution is 1.80. The lowest BCUT2D eigenvalue weighted by atomic mass is 10.5. The van der Waals surface area contributed by atoms with E-state index in [2.05, 4.69) is 9.44 Å². The quantitative estimate of drug-likeness (QED) is 0.538. The average molecular weight is 196 g/mol. The van der Waals surface area contributed by atoms with E-state index in [1.54, 1.807) is 14.0 Å². The normalized spacial score (nSPS) is 11.8. The maximum atomic E-state index is 10.9. The molecule has 0 atom stereocenters. The molecule has 0 unspecified atom stereocenters. The Bertz CT molecular complexity index is 191. The zero-order valence-electron chi connectivity index (χ0n) is 7.46. The molecule has 0 spiro atoms. The number of ether oxygens (including phenoxy) is 1. The molecule has 0 heterocycles. The van der Waals surface area contributed by atoms with Crippen molar-refractivity contribution in [3.63, 3.8) is 0 Å². The van der Waals surface area contributed by atoms with Crippen LogP contribution in [0.2, 0.25) is 0 Å². The molecule has 0 aromatic carbocycles. The zero-order chi connectivity index (χ0) is 9.45. The summed E-state index contributed by atoms with van der Waals surface area (Å²) in [5, 5.41) is 0. The fraction of sp³-hybridized carbons (Fsp3) is 1.00. The van der Waals surface area contributed by atoms with E-state index in [0.717, 1.165) is 0 Å². The minimum absolute atomic E-state index is 0.402. The molecule has 0 fully saturated rings. The van der Waals surface area contributed by atoms with Crippen LogP contribution in [0, 0.1) is 0 Å². The monoisotopic (exact) mass is 196 g/mol. The first kappa shape index (κ1) is 11.8. The Kier molecular flexibility index (Phi) is 6.27. The third-order valence-electron chi connectivity index (χ3n) is 1.15. The molecule has 0 amide bonds. The predicted octanol–water partition coefficient (Wildman–Crippen LogP) is -0.533. The summed E-state index contributed by atoms with van der Waals surface area (Å²) >= 11 is 0. The molecule has 0 bridgehead atoms. The van der Waals surface area contributed by atoms with Crippen LogP contribution < -0.4 is 9.44 Å². The highest BCUT2D eigenvalue weighted by atomic mass is 32.2. The fourth-order valence-electron chi connectivity index (χ4n) is 0.664. The van der Waals surface area contributed by atoms with Crippen molar-refractivity contribution in [2.45, 2.75) is 13.3 Å². The average Bonchev–Trinajstić information content (AvgIpc) is 1.98. The van der Waals surface area contributed by atoms with Crippen molar-refractivity contribution < 1.29 is 13.2 Å². The second-order valence-electron chi connectivity index (χ2n) is 2.24. The SMILES string of the molecule is CCNS(=O)(=O)NCCCOC. The summed E-state index contributed by atoms with van der Waals surface area (Å²) in [4.78, 5) is 0. The molecule has 0 saturated heterocycles. The van der Waals surface area contributed by atoms with Crippen LogP contribution >= 0.6 is 0 Å². The van der Waals surface area contributed by atoms with Gasteiger partial charge in [0.05, 0.1) is 0 Å². The number of methoxy groups -OCH3 is 1. The van der Waals surface area contributed by atoms with Crippen molar-refractivity contribution in [2.75, 3.05) is 26.8 Å². The maximum absolute atomic E-state index is 10.9. The van der Waals surface area contributed by atoms with E-state index in [0.29, 0.717) is 26.1 Å². The van der Waals surface area contributed by atoms with Gasteiger partial charge in [-0.1, -0.05) is 6.92 Å². The van der Waals surface area contributed by atoms with Crippen molar-refractivity contribution in [1.82, 2.24) is 9.44 Å². The van der Waals surface area contributed by atoms with Crippen LogP contribution in [0.5, 0.6) is 0 Å². The summed E-state index contributed by atoms with van der Waals surface area (Å²) in [6.07, 6.45) is 0.682. The molecule has 0 aliphatic rings. The summed E-state index contributed by atoms with van der Waals surface area (Å²) in [6.45, 7) is 3.10. The zero-order valence-corrected chi connectivity index (χ0v) is 8.28. The molecule has 5 nitrogen and oxygen atoms in total. The van der Waals surface area contributed by atoms with E-state index in [9.17, 15) is 8.42 Å². The molecule has 0 aromatic rings. The Hall–Kier alpha value is -0.170. The fourth-order valence-corrected chi connectivity index (χ4v) is 1.56. The Balaban J connectivity index is 3.48. The van der Waals surface area contributed by atoms with Gasteiger partial charge in [-0.15, -0.1) is 0 Å². The number of hydrogen-bond donors (Lipinski definition) is 2. The summed E-state index contributed by atoms with van der Waals surface area (Å²) in [5.41, 5.74) is 0. The van der Waals surface area contributed by atoms with Crippen LogP contribution in [-0.4, -0.2) is 35.2 Å². The lowest BCUT2D eigenvalue weighted by molar-refractivity contribution is 0.196. The molecule has 0 aliphatic carbocycles. The van der Waals surface area contributed by atoms with Gasteiger partial charge in [-0.05, 0) is 6.42 Å². The van der Waals surface area contributed by atoms with E-state index in [-0.39, 0.29) is 0 Å². The van der Waals surface area contributed by atoms with Crippen LogP contribution in [-0.2, 0) is 14.9 Å². The first-order valence-electron chi connectivity index (χ1n) is 3.85. The van der Waals surface area contributed by atoms with E-state index in [1.165, 1.54) is 0 Å². The second-order valence-corrected chi connectivity index (χ2v) is 3.83. The minimum atomic E-state index is -3.27. The van der Waals surface area contributed by atoms with Crippen LogP contribution in [0.15, 0.2) is 0 Å². The molecule has 0 aromatic heterocycles. The highest BCUT2D eigenvalue weighted by molar-refractivity contribution is 7.87. The number of rotatable bonds is 7. The maximum Gasteiger partial charge on any atom is 0.276 e. The lowest BCUT2D eigenvalue weighted by Crippen LogP contribution is -2.37. The van der Waals surface area contributed by atoms with Crippen molar-refractivity contribution in [1.29, 1.82) is 0 Å². The topological polar surface area (TPSA) is 67.4 Å². The number of nitrogens with one attached hydrogen (secondary N) is 2. The first-order valence-corrected chi connectivity index (χ1v) is 5.34. The molecule has 0 radical (unpaired) electrons. The van der Waals surface area contributed by atoms with E-state index >= 15 is 0 Å². The Labute approximate surface area is 73.7 Å². The molecule has 6 heteroatoms. The second kappa shape index (κ2) is 6.36. The van der Waals surface area contributed by atoms with E-state index in [4.69, 9.17) is 4.74 Å². The molecular formula is C6H16N2O3S. The first-order chi connectivity index (χ1) is 5.62. The summed E-state index contributed by atoms with van der Waals surface area (Å²) in [6, 6.07) is 0. The summed E-state index contributed by atoms with van der Waals surface area (Å²) in [7, 11) is -1.69. The van der Waals surface area contributed by atoms with Gasteiger partial charge in [0, 0.05) is 26.8 Å². The van der Waals surface area contributed by atoms with Gasteiger partial charge < -0.3 is 4.74 Å². The van der Waals surface area contributed by atoms with Gasteiger partial charge in [0.25, 0.3) is 10.2 Å². The number of hydrogen-bond acceptors (Lipinski definition) is 3. The van der Waals surface area contributed by atoms with E-state index in [1.807, 2.05) is 0 Å². The van der Waals surface area contributed by atoms with Gasteiger partial charge in [0.1, 0.15) is 0 Å². The smallest absolute Gasteiger partial charge is 0.276 e. The summed E-state index contributed by atoms with van der Waals surface area (Å²) in [5.74, 6) is 0. The van der Waals surface area contributed by atoms with Crippen LogP contribution in [0.4, 0.5) is 0 Å². The Morgan fingerprint density at radius 3 is 2.50 bits per heavy atom. The highest BCUT2D eigenvalue weighted by Gasteiger charge is 2.04. The van der Waals surface area contributed by atoms with Crippen molar-refractivity contribution in [3.8, 4) is 0 Å². The molecule has 0 aliphatic heterocycles. The standard InChI is InChI=1S/C6H16N2O3S/c1-3-7-12(9,10)8-5-4-6-11-2/h7-8H,3-6H2,1-2H3. The van der Waals surface area contributed by atoms with Crippen molar-refractivity contribution in [3.05, 3.63) is 0 Å². The van der Waals surface area contributed by atoms with Crippen molar-refractivity contribution in [2.24, 2.45) is 0 Å². The van der Waals surface area contributed by atoms with Crippen molar-refractivity contribution >= 4 is 10.2 Å². The molecule has 0 rings (SSSR count). The third kappa shape index (κ3) is 6.53. The predicted molar refractivity (Wildman–Crippen MR) is 47.1 cm³/mol. The molecule has 74 valence electrons. The Morgan fingerprint density at radius 2 is 2.00 bits per heavy atom. The van der Waals surface area contributed by atoms with Gasteiger partial charge in [-0.25, -0.2) is 9.44 Å². The molecule has 12 heavy (non-hydrogen) atoms. The molecular weight excluding hydrogens is 180 g/mol.